The molecule has 37 heavy (non-hydrogen) atoms. The maximum atomic E-state index is 12.2. The molecule has 14 nitrogen and oxygen atoms in total. The molecule has 0 aliphatic carbocycles. The van der Waals surface area contributed by atoms with Crippen molar-refractivity contribution in [3.63, 3.8) is 0 Å². The normalized spacial score (nSPS) is 14.4. The van der Waals surface area contributed by atoms with E-state index in [1.807, 2.05) is 0 Å². The van der Waals surface area contributed by atoms with Crippen LogP contribution in [-0.2, 0) is 0 Å². The van der Waals surface area contributed by atoms with Crippen LogP contribution < -0.4 is 5.32 Å². The number of rotatable bonds is 15. The van der Waals surface area contributed by atoms with E-state index in [0.717, 1.165) is 4.90 Å². The molecule has 0 aliphatic heterocycles. The summed E-state index contributed by atoms with van der Waals surface area (Å²) in [5.74, 6) is 0. The van der Waals surface area contributed by atoms with Crippen molar-refractivity contribution in [3.05, 3.63) is 79.9 Å². The molecular formula is C23H30N4O10. The molecule has 14 heteroatoms. The van der Waals surface area contributed by atoms with E-state index in [2.05, 4.69) is 5.32 Å². The SMILES string of the molecule is O=C(O)N(CCCO)[C@@](CCO)(CC(O)c1ccc([N+](=O)[O-])cc1)NCC(O)c1ccc([N+](=O)[O-])cc1. The highest BCUT2D eigenvalue weighted by molar-refractivity contribution is 5.66. The molecule has 0 fully saturated rings. The minimum atomic E-state index is -1.63. The standard InChI is InChI=1S/C23H30N4O10/c28-12-1-11-25(22(32)33)23(10-13-29,14-20(30)16-2-6-18(7-3-16)26(34)35)24-15-21(31)17-4-8-19(9-5-17)27(36)37/h2-9,20-21,24,28-31H,1,10-15H2,(H,32,33)/t20?,21?,23-/m0/s1. The van der Waals surface area contributed by atoms with Crippen LogP contribution in [0.15, 0.2) is 48.5 Å². The van der Waals surface area contributed by atoms with Gasteiger partial charge in [-0.1, -0.05) is 0 Å². The zero-order valence-corrected chi connectivity index (χ0v) is 19.8. The quantitative estimate of drug-likeness (QED) is 0.112. The third-order valence-electron chi connectivity index (χ3n) is 5.95. The second kappa shape index (κ2) is 13.6. The third kappa shape index (κ3) is 7.90. The van der Waals surface area contributed by atoms with Crippen molar-refractivity contribution in [2.45, 2.75) is 37.1 Å². The topological polar surface area (TPSA) is 220 Å². The van der Waals surface area contributed by atoms with E-state index in [-0.39, 0.29) is 55.9 Å². The van der Waals surface area contributed by atoms with E-state index in [1.54, 1.807) is 0 Å². The van der Waals surface area contributed by atoms with Crippen LogP contribution in [0.25, 0.3) is 0 Å². The lowest BCUT2D eigenvalue weighted by Gasteiger charge is -2.44. The molecule has 0 aromatic heterocycles. The number of nitrogens with one attached hydrogen (secondary N) is 1. The highest BCUT2D eigenvalue weighted by Crippen LogP contribution is 2.32. The Kier molecular flexibility index (Phi) is 10.8. The zero-order valence-electron chi connectivity index (χ0n) is 19.8. The zero-order chi connectivity index (χ0) is 27.6. The number of hydrogen-bond donors (Lipinski definition) is 6. The monoisotopic (exact) mass is 522 g/mol. The van der Waals surface area contributed by atoms with Crippen LogP contribution in [0.1, 0.15) is 42.6 Å². The number of hydrogen-bond acceptors (Lipinski definition) is 10. The fraction of sp³-hybridized carbons (Fsp3) is 0.435. The molecular weight excluding hydrogens is 492 g/mol. The summed E-state index contributed by atoms with van der Waals surface area (Å²) < 4.78 is 0. The molecule has 0 aliphatic rings. The van der Waals surface area contributed by atoms with Crippen LogP contribution in [0.3, 0.4) is 0 Å². The minimum absolute atomic E-state index is 0.0552. The van der Waals surface area contributed by atoms with Gasteiger partial charge in [0.25, 0.3) is 11.4 Å². The molecule has 6 N–H and O–H groups in total. The third-order valence-corrected chi connectivity index (χ3v) is 5.95. The Morgan fingerprint density at radius 1 is 0.892 bits per heavy atom. The average Bonchev–Trinajstić information content (AvgIpc) is 2.87. The van der Waals surface area contributed by atoms with Gasteiger partial charge in [-0.3, -0.25) is 30.4 Å². The fourth-order valence-corrected chi connectivity index (χ4v) is 3.99. The second-order valence-electron chi connectivity index (χ2n) is 8.33. The smallest absolute Gasteiger partial charge is 0.408 e. The number of carboxylic acid groups (broad SMARTS) is 1. The number of aliphatic hydroxyl groups is 4. The fourth-order valence-electron chi connectivity index (χ4n) is 3.99. The van der Waals surface area contributed by atoms with E-state index >= 15 is 0 Å². The van der Waals surface area contributed by atoms with E-state index in [1.165, 1.54) is 48.5 Å². The van der Waals surface area contributed by atoms with Gasteiger partial charge in [0, 0.05) is 63.4 Å². The summed E-state index contributed by atoms with van der Waals surface area (Å²) in [6.45, 7) is -1.25. The van der Waals surface area contributed by atoms with Crippen LogP contribution in [0.4, 0.5) is 16.2 Å². The van der Waals surface area contributed by atoms with Gasteiger partial charge in [0.05, 0.1) is 22.1 Å². The van der Waals surface area contributed by atoms with Crippen LogP contribution >= 0.6 is 0 Å². The first-order valence-corrected chi connectivity index (χ1v) is 11.4. The van der Waals surface area contributed by atoms with Gasteiger partial charge in [0.2, 0.25) is 0 Å². The van der Waals surface area contributed by atoms with Crippen LogP contribution in [-0.4, -0.2) is 78.3 Å². The van der Waals surface area contributed by atoms with Crippen molar-refractivity contribution in [2.24, 2.45) is 0 Å². The Hall–Kier alpha value is -3.69. The van der Waals surface area contributed by atoms with Crippen LogP contribution in [0.5, 0.6) is 0 Å². The molecule has 0 heterocycles. The molecule has 202 valence electrons. The van der Waals surface area contributed by atoms with Gasteiger partial charge in [-0.15, -0.1) is 0 Å². The van der Waals surface area contributed by atoms with E-state index < -0.39 is 40.4 Å². The van der Waals surface area contributed by atoms with E-state index in [0.29, 0.717) is 5.56 Å². The molecule has 0 saturated carbocycles. The van der Waals surface area contributed by atoms with Gasteiger partial charge in [-0.2, -0.15) is 0 Å². The lowest BCUT2D eigenvalue weighted by Crippen LogP contribution is -2.62. The number of aliphatic hydroxyl groups excluding tert-OH is 4. The summed E-state index contributed by atoms with van der Waals surface area (Å²) in [5.41, 5.74) is -1.43. The lowest BCUT2D eigenvalue weighted by molar-refractivity contribution is -0.385. The van der Waals surface area contributed by atoms with Gasteiger partial charge in [-0.05, 0) is 41.8 Å². The Balaban J connectivity index is 2.37. The van der Waals surface area contributed by atoms with Gasteiger partial charge in [0.1, 0.15) is 5.66 Å². The molecule has 3 atom stereocenters. The number of non-ortho nitro benzene ring substituents is 2. The molecule has 0 spiro atoms. The van der Waals surface area contributed by atoms with Crippen LogP contribution in [0, 0.1) is 20.2 Å². The van der Waals surface area contributed by atoms with E-state index in [4.69, 9.17) is 0 Å². The highest BCUT2D eigenvalue weighted by Gasteiger charge is 2.41. The Morgan fingerprint density at radius 3 is 1.78 bits per heavy atom. The van der Waals surface area contributed by atoms with E-state index in [9.17, 15) is 50.6 Å². The Morgan fingerprint density at radius 2 is 1.38 bits per heavy atom. The van der Waals surface area contributed by atoms with Crippen molar-refractivity contribution >= 4 is 17.5 Å². The summed E-state index contributed by atoms with van der Waals surface area (Å²) in [6, 6.07) is 10.2. The molecule has 0 radical (unpaired) electrons. The first kappa shape index (κ1) is 29.5. The van der Waals surface area contributed by atoms with Crippen molar-refractivity contribution in [2.75, 3.05) is 26.3 Å². The number of nitrogens with zero attached hydrogens (tertiary/aromatic N) is 3. The molecule has 2 aromatic carbocycles. The number of amides is 1. The Bertz CT molecular complexity index is 1050. The molecule has 2 rings (SSSR count). The molecule has 2 unspecified atom stereocenters. The van der Waals surface area contributed by atoms with Crippen molar-refractivity contribution in [1.82, 2.24) is 10.2 Å². The Labute approximate surface area is 211 Å². The summed E-state index contributed by atoms with van der Waals surface area (Å²) in [5, 5.41) is 75.4. The first-order valence-electron chi connectivity index (χ1n) is 11.4. The summed E-state index contributed by atoms with van der Waals surface area (Å²) in [4.78, 5) is 33.8. The van der Waals surface area contributed by atoms with Gasteiger partial charge < -0.3 is 25.5 Å². The molecule has 1 amide bonds. The predicted molar refractivity (Wildman–Crippen MR) is 130 cm³/mol. The van der Waals surface area contributed by atoms with Crippen molar-refractivity contribution in [3.8, 4) is 0 Å². The minimum Gasteiger partial charge on any atom is -0.465 e. The maximum Gasteiger partial charge on any atom is 0.408 e. The molecule has 0 bridgehead atoms. The van der Waals surface area contributed by atoms with Crippen molar-refractivity contribution < 1.29 is 40.2 Å². The number of carbonyl (C=O) groups is 1. The van der Waals surface area contributed by atoms with Gasteiger partial charge in [-0.25, -0.2) is 4.79 Å². The van der Waals surface area contributed by atoms with Crippen molar-refractivity contribution in [1.29, 1.82) is 0 Å². The number of nitro benzene ring substituents is 2. The average molecular weight is 523 g/mol. The highest BCUT2D eigenvalue weighted by atomic mass is 16.6. The summed E-state index contributed by atoms with van der Waals surface area (Å²) >= 11 is 0. The molecule has 2 aromatic rings. The van der Waals surface area contributed by atoms with Crippen LogP contribution in [0.2, 0.25) is 0 Å². The number of benzene rings is 2. The second-order valence-corrected chi connectivity index (χ2v) is 8.33. The summed E-state index contributed by atoms with van der Waals surface area (Å²) in [7, 11) is 0. The molecule has 0 saturated heterocycles. The first-order chi connectivity index (χ1) is 17.5. The summed E-state index contributed by atoms with van der Waals surface area (Å²) in [6.07, 6.45) is -4.43. The van der Waals surface area contributed by atoms with Gasteiger partial charge >= 0.3 is 6.09 Å². The largest absolute Gasteiger partial charge is 0.465 e. The maximum absolute atomic E-state index is 12.2. The predicted octanol–water partition coefficient (Wildman–Crippen LogP) is 1.69. The lowest BCUT2D eigenvalue weighted by atomic mass is 9.91. The number of nitro groups is 2. The van der Waals surface area contributed by atoms with Gasteiger partial charge in [0.15, 0.2) is 0 Å².